The van der Waals surface area contributed by atoms with E-state index >= 15 is 0 Å². The quantitative estimate of drug-likeness (QED) is 0.106. The first-order valence-electron chi connectivity index (χ1n) is 14.3. The molecule has 0 saturated carbocycles. The number of nitrogens with one attached hydrogen (secondary N) is 2. The highest BCUT2D eigenvalue weighted by Gasteiger charge is 2.02. The monoisotopic (exact) mass is 464 g/mol. The highest BCUT2D eigenvalue weighted by Crippen LogP contribution is 2.14. The number of amides is 2. The molecule has 0 rings (SSSR count). The van der Waals surface area contributed by atoms with Gasteiger partial charge in [-0.15, -0.1) is 0 Å². The fraction of sp³-hybridized carbons (Fsp3) is 0.862. The lowest BCUT2D eigenvalue weighted by molar-refractivity contribution is -0.121. The molecule has 4 heteroatoms. The fourth-order valence-corrected chi connectivity index (χ4v) is 4.12. The number of rotatable bonds is 25. The summed E-state index contributed by atoms with van der Waals surface area (Å²) in [7, 11) is 0. The van der Waals surface area contributed by atoms with Crippen molar-refractivity contribution < 1.29 is 9.59 Å². The average molecular weight is 465 g/mol. The van der Waals surface area contributed by atoms with Crippen molar-refractivity contribution in [2.45, 2.75) is 149 Å². The minimum absolute atomic E-state index is 0.115. The Labute approximate surface area is 206 Å². The third-order valence-electron chi connectivity index (χ3n) is 6.36. The predicted octanol–water partition coefficient (Wildman–Crippen LogP) is 8.01. The lowest BCUT2D eigenvalue weighted by Gasteiger charge is -2.07. The van der Waals surface area contributed by atoms with Crippen molar-refractivity contribution >= 4 is 11.8 Å². The van der Waals surface area contributed by atoms with Crippen LogP contribution in [0.4, 0.5) is 0 Å². The van der Waals surface area contributed by atoms with Crippen molar-refractivity contribution in [2.24, 2.45) is 0 Å². The zero-order chi connectivity index (χ0) is 24.4. The third kappa shape index (κ3) is 25.1. The number of hydrogen-bond acceptors (Lipinski definition) is 2. The van der Waals surface area contributed by atoms with Crippen molar-refractivity contribution in [2.75, 3.05) is 13.1 Å². The van der Waals surface area contributed by atoms with E-state index in [9.17, 15) is 9.59 Å². The van der Waals surface area contributed by atoms with E-state index in [1.54, 1.807) is 6.92 Å². The summed E-state index contributed by atoms with van der Waals surface area (Å²) < 4.78 is 0. The second-order valence-corrected chi connectivity index (χ2v) is 9.85. The molecular formula is C29H56N2O2. The molecule has 0 aliphatic heterocycles. The molecule has 4 nitrogen and oxygen atoms in total. The highest BCUT2D eigenvalue weighted by molar-refractivity contribution is 5.92. The van der Waals surface area contributed by atoms with Gasteiger partial charge in [0.2, 0.25) is 11.8 Å². The number of hydrogen-bond donors (Lipinski definition) is 2. The van der Waals surface area contributed by atoms with Gasteiger partial charge in [0.15, 0.2) is 0 Å². The Morgan fingerprint density at radius 3 is 1.30 bits per heavy atom. The van der Waals surface area contributed by atoms with Crippen LogP contribution >= 0.6 is 0 Å². The van der Waals surface area contributed by atoms with E-state index in [0.717, 1.165) is 19.3 Å². The maximum Gasteiger partial charge on any atom is 0.246 e. The van der Waals surface area contributed by atoms with Gasteiger partial charge in [-0.3, -0.25) is 9.59 Å². The Kier molecular flexibility index (Phi) is 24.3. The van der Waals surface area contributed by atoms with E-state index in [-0.39, 0.29) is 11.8 Å². The summed E-state index contributed by atoms with van der Waals surface area (Å²) in [6.45, 7) is 8.77. The molecule has 0 heterocycles. The summed E-state index contributed by atoms with van der Waals surface area (Å²) in [5, 5.41) is 5.70. The van der Waals surface area contributed by atoms with Gasteiger partial charge < -0.3 is 10.6 Å². The standard InChI is InChI=1S/C29H56N2O2/c1-4-5-6-7-8-9-10-11-12-13-14-15-16-17-18-19-20-21-22-24-28(32)30-25-23-26-31-29(33)27(2)3/h2,4-26H2,1,3H3,(H,30,32)(H,31,33). The van der Waals surface area contributed by atoms with E-state index in [2.05, 4.69) is 24.1 Å². The molecule has 0 bridgehead atoms. The predicted molar refractivity (Wildman–Crippen MR) is 143 cm³/mol. The van der Waals surface area contributed by atoms with Gasteiger partial charge in [0.25, 0.3) is 0 Å². The molecule has 0 aromatic heterocycles. The maximum atomic E-state index is 11.8. The normalized spacial score (nSPS) is 10.8. The molecule has 0 radical (unpaired) electrons. The van der Waals surface area contributed by atoms with Crippen LogP contribution in [0.1, 0.15) is 149 Å². The molecule has 0 aliphatic carbocycles. The van der Waals surface area contributed by atoms with Crippen LogP contribution in [0.2, 0.25) is 0 Å². The van der Waals surface area contributed by atoms with Crippen LogP contribution in [-0.4, -0.2) is 24.9 Å². The maximum absolute atomic E-state index is 11.8. The SMILES string of the molecule is C=C(C)C(=O)NCCCNC(=O)CCCCCCCCCCCCCCCCCCCCC. The van der Waals surface area contributed by atoms with Crippen molar-refractivity contribution in [3.05, 3.63) is 12.2 Å². The van der Waals surface area contributed by atoms with E-state index in [1.807, 2.05) is 0 Å². The third-order valence-corrected chi connectivity index (χ3v) is 6.36. The molecule has 2 N–H and O–H groups in total. The molecule has 0 atom stereocenters. The second kappa shape index (κ2) is 25.3. The number of unbranched alkanes of at least 4 members (excludes halogenated alkanes) is 18. The first kappa shape index (κ1) is 31.7. The highest BCUT2D eigenvalue weighted by atomic mass is 16.2. The largest absolute Gasteiger partial charge is 0.356 e. The minimum Gasteiger partial charge on any atom is -0.356 e. The van der Waals surface area contributed by atoms with Crippen molar-refractivity contribution in [3.8, 4) is 0 Å². The average Bonchev–Trinajstić information content (AvgIpc) is 2.80. The van der Waals surface area contributed by atoms with Gasteiger partial charge in [0, 0.05) is 25.1 Å². The van der Waals surface area contributed by atoms with Crippen LogP contribution < -0.4 is 10.6 Å². The zero-order valence-electron chi connectivity index (χ0n) is 22.3. The fourth-order valence-electron chi connectivity index (χ4n) is 4.12. The Balaban J connectivity index is 3.18. The molecule has 194 valence electrons. The number of carbonyl (C=O) groups is 2. The second-order valence-electron chi connectivity index (χ2n) is 9.85. The van der Waals surface area contributed by atoms with Crippen LogP contribution in [0.15, 0.2) is 12.2 Å². The van der Waals surface area contributed by atoms with Gasteiger partial charge in [-0.2, -0.15) is 0 Å². The molecule has 0 aromatic rings. The van der Waals surface area contributed by atoms with Gasteiger partial charge in [-0.25, -0.2) is 0 Å². The van der Waals surface area contributed by atoms with Crippen LogP contribution in [-0.2, 0) is 9.59 Å². The van der Waals surface area contributed by atoms with Crippen molar-refractivity contribution in [3.63, 3.8) is 0 Å². The lowest BCUT2D eigenvalue weighted by Crippen LogP contribution is -2.29. The molecule has 33 heavy (non-hydrogen) atoms. The molecule has 0 aliphatic rings. The molecule has 0 aromatic carbocycles. The Hall–Kier alpha value is -1.32. The van der Waals surface area contributed by atoms with Crippen LogP contribution in [0, 0.1) is 0 Å². The molecule has 2 amide bonds. The summed E-state index contributed by atoms with van der Waals surface area (Å²) in [5.41, 5.74) is 0.517. The summed E-state index contributed by atoms with van der Waals surface area (Å²) in [4.78, 5) is 23.2. The van der Waals surface area contributed by atoms with Gasteiger partial charge in [-0.05, 0) is 19.8 Å². The summed E-state index contributed by atoms with van der Waals surface area (Å²) in [6, 6.07) is 0. The van der Waals surface area contributed by atoms with Crippen molar-refractivity contribution in [1.82, 2.24) is 10.6 Å². The smallest absolute Gasteiger partial charge is 0.246 e. The Bertz CT molecular complexity index is 476. The molecule has 0 saturated heterocycles. The number of carbonyl (C=O) groups excluding carboxylic acids is 2. The topological polar surface area (TPSA) is 58.2 Å². The zero-order valence-corrected chi connectivity index (χ0v) is 22.3. The van der Waals surface area contributed by atoms with Gasteiger partial charge in [0.05, 0.1) is 0 Å². The van der Waals surface area contributed by atoms with E-state index in [4.69, 9.17) is 0 Å². The molecule has 0 fully saturated rings. The first-order chi connectivity index (χ1) is 16.1. The Morgan fingerprint density at radius 1 is 0.545 bits per heavy atom. The molecule has 0 spiro atoms. The van der Waals surface area contributed by atoms with Gasteiger partial charge >= 0.3 is 0 Å². The van der Waals surface area contributed by atoms with E-state index in [0.29, 0.717) is 25.1 Å². The lowest BCUT2D eigenvalue weighted by atomic mass is 10.0. The van der Waals surface area contributed by atoms with Gasteiger partial charge in [-0.1, -0.05) is 129 Å². The molecule has 0 unspecified atom stereocenters. The first-order valence-corrected chi connectivity index (χ1v) is 14.3. The Morgan fingerprint density at radius 2 is 0.909 bits per heavy atom. The van der Waals surface area contributed by atoms with E-state index in [1.165, 1.54) is 109 Å². The summed E-state index contributed by atoms with van der Waals surface area (Å²) in [5.74, 6) is 0.0172. The minimum atomic E-state index is -0.115. The van der Waals surface area contributed by atoms with E-state index < -0.39 is 0 Å². The van der Waals surface area contributed by atoms with Crippen LogP contribution in [0.25, 0.3) is 0 Å². The summed E-state index contributed by atoms with van der Waals surface area (Å²) in [6.07, 6.45) is 27.3. The molecular weight excluding hydrogens is 408 g/mol. The van der Waals surface area contributed by atoms with Crippen molar-refractivity contribution in [1.29, 1.82) is 0 Å². The van der Waals surface area contributed by atoms with Gasteiger partial charge in [0.1, 0.15) is 0 Å². The van der Waals surface area contributed by atoms with Crippen LogP contribution in [0.5, 0.6) is 0 Å². The summed E-state index contributed by atoms with van der Waals surface area (Å²) >= 11 is 0. The van der Waals surface area contributed by atoms with Crippen LogP contribution in [0.3, 0.4) is 0 Å².